The summed E-state index contributed by atoms with van der Waals surface area (Å²) in [7, 11) is 1.72. The van der Waals surface area contributed by atoms with E-state index in [0.29, 0.717) is 12.0 Å². The van der Waals surface area contributed by atoms with Crippen LogP contribution >= 0.6 is 0 Å². The molecule has 0 bridgehead atoms. The summed E-state index contributed by atoms with van der Waals surface area (Å²) in [6.07, 6.45) is 9.05. The average molecular weight is 290 g/mol. The molecule has 0 spiro atoms. The maximum Gasteiger partial charge on any atom is 0.119 e. The molecule has 1 aromatic rings. The summed E-state index contributed by atoms with van der Waals surface area (Å²) in [4.78, 5) is 0. The van der Waals surface area contributed by atoms with Crippen LogP contribution in [-0.2, 0) is 6.42 Å². The molecule has 1 saturated carbocycles. The molecule has 0 aromatic heterocycles. The largest absolute Gasteiger partial charge is 0.497 e. The van der Waals surface area contributed by atoms with E-state index in [1.54, 1.807) is 7.11 Å². The summed E-state index contributed by atoms with van der Waals surface area (Å²) >= 11 is 0. The van der Waals surface area contributed by atoms with Gasteiger partial charge in [-0.25, -0.2) is 0 Å². The van der Waals surface area contributed by atoms with Crippen LogP contribution in [0, 0.1) is 11.8 Å². The van der Waals surface area contributed by atoms with Crippen LogP contribution in [0.25, 0.3) is 0 Å². The van der Waals surface area contributed by atoms with Gasteiger partial charge in [-0.1, -0.05) is 44.7 Å². The topological polar surface area (TPSA) is 47.3 Å². The normalized spacial score (nSPS) is 23.8. The highest BCUT2D eigenvalue weighted by molar-refractivity contribution is 5.29. The van der Waals surface area contributed by atoms with Crippen LogP contribution in [0.15, 0.2) is 24.3 Å². The molecule has 1 aliphatic rings. The predicted octanol–water partition coefficient (Wildman–Crippen LogP) is 3.68. The highest BCUT2D eigenvalue weighted by Crippen LogP contribution is 2.34. The van der Waals surface area contributed by atoms with Gasteiger partial charge in [-0.05, 0) is 48.8 Å². The molecule has 118 valence electrons. The van der Waals surface area contributed by atoms with Crippen molar-refractivity contribution in [3.63, 3.8) is 0 Å². The molecule has 3 N–H and O–H groups in total. The van der Waals surface area contributed by atoms with Gasteiger partial charge < -0.3 is 4.74 Å². The smallest absolute Gasteiger partial charge is 0.119 e. The SMILES string of the molecule is CCCC1CCC(C(Cc2cccc(OC)c2)NN)CC1. The lowest BCUT2D eigenvalue weighted by molar-refractivity contribution is 0.213. The van der Waals surface area contributed by atoms with E-state index in [0.717, 1.165) is 18.1 Å². The summed E-state index contributed by atoms with van der Waals surface area (Å²) in [6.45, 7) is 2.29. The Morgan fingerprint density at radius 3 is 2.67 bits per heavy atom. The molecule has 1 aromatic carbocycles. The van der Waals surface area contributed by atoms with Crippen LogP contribution in [0.4, 0.5) is 0 Å². The molecule has 1 unspecified atom stereocenters. The van der Waals surface area contributed by atoms with Crippen LogP contribution in [0.2, 0.25) is 0 Å². The van der Waals surface area contributed by atoms with Gasteiger partial charge in [-0.2, -0.15) is 0 Å². The zero-order valence-corrected chi connectivity index (χ0v) is 13.5. The summed E-state index contributed by atoms with van der Waals surface area (Å²) < 4.78 is 5.30. The molecule has 1 atom stereocenters. The minimum absolute atomic E-state index is 0.375. The lowest BCUT2D eigenvalue weighted by atomic mass is 9.76. The predicted molar refractivity (Wildman–Crippen MR) is 88.2 cm³/mol. The Labute approximate surface area is 129 Å². The second-order valence-corrected chi connectivity index (χ2v) is 6.40. The van der Waals surface area contributed by atoms with E-state index in [1.165, 1.54) is 44.1 Å². The molecule has 1 fully saturated rings. The summed E-state index contributed by atoms with van der Waals surface area (Å²) in [6, 6.07) is 8.70. The van der Waals surface area contributed by atoms with Gasteiger partial charge in [0.15, 0.2) is 0 Å². The Balaban J connectivity index is 1.91. The first kappa shape index (κ1) is 16.3. The van der Waals surface area contributed by atoms with Crippen molar-refractivity contribution in [2.45, 2.75) is 57.9 Å². The van der Waals surface area contributed by atoms with Gasteiger partial charge in [-0.3, -0.25) is 11.3 Å². The number of rotatable bonds is 7. The Hall–Kier alpha value is -1.06. The third-order valence-corrected chi connectivity index (χ3v) is 4.96. The molecule has 0 heterocycles. The molecule has 3 heteroatoms. The number of ether oxygens (including phenoxy) is 1. The summed E-state index contributed by atoms with van der Waals surface area (Å²) in [5.41, 5.74) is 4.36. The minimum atomic E-state index is 0.375. The van der Waals surface area contributed by atoms with E-state index < -0.39 is 0 Å². The molecule has 1 aliphatic carbocycles. The van der Waals surface area contributed by atoms with Crippen LogP contribution in [0.5, 0.6) is 5.75 Å². The van der Waals surface area contributed by atoms with E-state index in [-0.39, 0.29) is 0 Å². The van der Waals surface area contributed by atoms with Crippen molar-refractivity contribution in [3.8, 4) is 5.75 Å². The highest BCUT2D eigenvalue weighted by Gasteiger charge is 2.26. The molecule has 0 radical (unpaired) electrons. The summed E-state index contributed by atoms with van der Waals surface area (Å²) in [5.74, 6) is 8.41. The third kappa shape index (κ3) is 4.72. The van der Waals surface area contributed by atoms with Crippen molar-refractivity contribution in [1.82, 2.24) is 5.43 Å². The maximum absolute atomic E-state index is 5.83. The fourth-order valence-corrected chi connectivity index (χ4v) is 3.70. The van der Waals surface area contributed by atoms with Gasteiger partial charge >= 0.3 is 0 Å². The monoisotopic (exact) mass is 290 g/mol. The van der Waals surface area contributed by atoms with E-state index >= 15 is 0 Å². The molecular formula is C18H30N2O. The van der Waals surface area contributed by atoms with Gasteiger partial charge in [0.05, 0.1) is 7.11 Å². The number of methoxy groups -OCH3 is 1. The Morgan fingerprint density at radius 1 is 1.29 bits per heavy atom. The molecule has 2 rings (SSSR count). The average Bonchev–Trinajstić information content (AvgIpc) is 2.54. The number of benzene rings is 1. The van der Waals surface area contributed by atoms with Crippen molar-refractivity contribution in [2.75, 3.05) is 7.11 Å². The van der Waals surface area contributed by atoms with Crippen LogP contribution in [0.3, 0.4) is 0 Å². The standard InChI is InChI=1S/C18H30N2O/c1-3-5-14-8-10-16(11-9-14)18(20-19)13-15-6-4-7-17(12-15)21-2/h4,6-7,12,14,16,18,20H,3,5,8-11,13,19H2,1-2H3. The van der Waals surface area contributed by atoms with Crippen molar-refractivity contribution in [2.24, 2.45) is 17.7 Å². The van der Waals surface area contributed by atoms with Gasteiger partial charge in [-0.15, -0.1) is 0 Å². The third-order valence-electron chi connectivity index (χ3n) is 4.96. The first-order valence-corrected chi connectivity index (χ1v) is 8.35. The number of hydrogen-bond acceptors (Lipinski definition) is 3. The van der Waals surface area contributed by atoms with Gasteiger partial charge in [0.1, 0.15) is 5.75 Å². The molecular weight excluding hydrogens is 260 g/mol. The zero-order chi connectivity index (χ0) is 15.1. The number of nitrogens with one attached hydrogen (secondary N) is 1. The first-order chi connectivity index (χ1) is 10.3. The van der Waals surface area contributed by atoms with Crippen LogP contribution in [0.1, 0.15) is 51.0 Å². The summed E-state index contributed by atoms with van der Waals surface area (Å²) in [5, 5.41) is 0. The van der Waals surface area contributed by atoms with Crippen molar-refractivity contribution < 1.29 is 4.74 Å². The first-order valence-electron chi connectivity index (χ1n) is 8.35. The molecule has 0 aliphatic heterocycles. The van der Waals surface area contributed by atoms with Gasteiger partial charge in [0.2, 0.25) is 0 Å². The number of hydrogen-bond donors (Lipinski definition) is 2. The lowest BCUT2D eigenvalue weighted by Gasteiger charge is -2.33. The molecule has 0 amide bonds. The zero-order valence-electron chi connectivity index (χ0n) is 13.5. The van der Waals surface area contributed by atoms with Crippen molar-refractivity contribution >= 4 is 0 Å². The second kappa shape index (κ2) is 8.40. The van der Waals surface area contributed by atoms with E-state index in [4.69, 9.17) is 10.6 Å². The second-order valence-electron chi connectivity index (χ2n) is 6.40. The number of nitrogens with two attached hydrogens (primary N) is 1. The Morgan fingerprint density at radius 2 is 2.05 bits per heavy atom. The fourth-order valence-electron chi connectivity index (χ4n) is 3.70. The highest BCUT2D eigenvalue weighted by atomic mass is 16.5. The Bertz CT molecular complexity index is 413. The van der Waals surface area contributed by atoms with Crippen molar-refractivity contribution in [1.29, 1.82) is 0 Å². The van der Waals surface area contributed by atoms with Gasteiger partial charge in [0.25, 0.3) is 0 Å². The molecule has 0 saturated heterocycles. The Kier molecular flexibility index (Phi) is 6.52. The lowest BCUT2D eigenvalue weighted by Crippen LogP contribution is -2.43. The van der Waals surface area contributed by atoms with E-state index in [2.05, 4.69) is 30.5 Å². The van der Waals surface area contributed by atoms with Crippen LogP contribution < -0.4 is 16.0 Å². The minimum Gasteiger partial charge on any atom is -0.497 e. The van der Waals surface area contributed by atoms with Crippen LogP contribution in [-0.4, -0.2) is 13.2 Å². The fraction of sp³-hybridized carbons (Fsp3) is 0.667. The van der Waals surface area contributed by atoms with Crippen molar-refractivity contribution in [3.05, 3.63) is 29.8 Å². The number of hydrazine groups is 1. The molecule has 3 nitrogen and oxygen atoms in total. The van der Waals surface area contributed by atoms with E-state index in [1.807, 2.05) is 6.07 Å². The molecule has 21 heavy (non-hydrogen) atoms. The quantitative estimate of drug-likeness (QED) is 0.595. The van der Waals surface area contributed by atoms with Gasteiger partial charge in [0, 0.05) is 6.04 Å². The van der Waals surface area contributed by atoms with E-state index in [9.17, 15) is 0 Å². The maximum atomic E-state index is 5.83.